The van der Waals surface area contributed by atoms with Crippen LogP contribution in [0.2, 0.25) is 0 Å². The summed E-state index contributed by atoms with van der Waals surface area (Å²) in [5.74, 6) is 0. The van der Waals surface area contributed by atoms with E-state index in [-0.39, 0.29) is 0 Å². The topological polar surface area (TPSA) is 7.65 Å². The van der Waals surface area contributed by atoms with Gasteiger partial charge in [0.25, 0.3) is 0 Å². The summed E-state index contributed by atoms with van der Waals surface area (Å²) >= 11 is 0. The van der Waals surface area contributed by atoms with Crippen molar-refractivity contribution in [2.45, 2.75) is 0 Å². The Hall–Kier alpha value is -6.90. The molecule has 52 heavy (non-hydrogen) atoms. The third kappa shape index (κ3) is 4.12. The highest BCUT2D eigenvalue weighted by atomic mass is 15.2. The number of nitrogens with zero attached hydrogens (tertiary/aromatic N) is 2. The van der Waals surface area contributed by atoms with Crippen molar-refractivity contribution in [1.29, 1.82) is 0 Å². The molecule has 0 radical (unpaired) electrons. The van der Waals surface area contributed by atoms with Crippen molar-refractivity contribution < 1.29 is 0 Å². The molecule has 0 aliphatic rings. The highest BCUT2D eigenvalue weighted by Gasteiger charge is 2.25. The predicted octanol–water partition coefficient (Wildman–Crippen LogP) is 13.9. The molecule has 0 aliphatic heterocycles. The van der Waals surface area contributed by atoms with Crippen molar-refractivity contribution in [1.82, 2.24) is 4.40 Å². The Labute approximate surface area is 301 Å². The Bertz CT molecular complexity index is 3110. The van der Waals surface area contributed by atoms with Gasteiger partial charge < -0.3 is 9.30 Å². The summed E-state index contributed by atoms with van der Waals surface area (Å²) in [6.07, 6.45) is 0. The smallest absolute Gasteiger partial charge is 0.0620 e. The maximum atomic E-state index is 2.52. The number of para-hydroxylation sites is 2. The van der Waals surface area contributed by atoms with E-state index in [4.69, 9.17) is 0 Å². The molecule has 0 aliphatic carbocycles. The Balaban J connectivity index is 1.30. The molecular weight excluding hydrogens is 629 g/mol. The molecule has 2 aromatic heterocycles. The number of fused-ring (bicyclic) bond motifs is 6. The van der Waals surface area contributed by atoms with Gasteiger partial charge in [0.15, 0.2) is 0 Å². The number of benzene rings is 9. The molecule has 0 saturated heterocycles. The van der Waals surface area contributed by atoms with E-state index in [0.717, 1.165) is 17.1 Å². The second-order valence-corrected chi connectivity index (χ2v) is 13.7. The van der Waals surface area contributed by atoms with Crippen LogP contribution in [-0.2, 0) is 0 Å². The van der Waals surface area contributed by atoms with E-state index in [1.807, 2.05) is 0 Å². The fourth-order valence-corrected chi connectivity index (χ4v) is 8.76. The summed E-state index contributed by atoms with van der Waals surface area (Å²) in [7, 11) is 0. The molecule has 0 unspecified atom stereocenters. The van der Waals surface area contributed by atoms with Crippen LogP contribution < -0.4 is 4.90 Å². The van der Waals surface area contributed by atoms with Crippen LogP contribution in [0.3, 0.4) is 0 Å². The quantitative estimate of drug-likeness (QED) is 0.132. The molecule has 0 N–H and O–H groups in total. The zero-order valence-corrected chi connectivity index (χ0v) is 28.4. The van der Waals surface area contributed by atoms with Gasteiger partial charge >= 0.3 is 0 Å². The minimum Gasteiger partial charge on any atom is -0.309 e. The second-order valence-electron chi connectivity index (χ2n) is 13.7. The van der Waals surface area contributed by atoms with E-state index in [9.17, 15) is 0 Å². The highest BCUT2D eigenvalue weighted by Crippen LogP contribution is 2.49. The molecule has 0 atom stereocenters. The van der Waals surface area contributed by atoms with Crippen molar-refractivity contribution in [3.63, 3.8) is 0 Å². The van der Waals surface area contributed by atoms with Crippen LogP contribution in [0.5, 0.6) is 0 Å². The van der Waals surface area contributed by atoms with Crippen LogP contribution in [0.15, 0.2) is 194 Å². The van der Waals surface area contributed by atoms with Gasteiger partial charge in [-0.05, 0) is 63.2 Å². The minimum absolute atomic E-state index is 1.14. The van der Waals surface area contributed by atoms with Crippen molar-refractivity contribution in [2.24, 2.45) is 0 Å². The molecule has 0 bridgehead atoms. The number of rotatable bonds is 5. The molecular formula is C50H32N2. The summed E-state index contributed by atoms with van der Waals surface area (Å²) < 4.78 is 2.51. The van der Waals surface area contributed by atoms with E-state index in [1.54, 1.807) is 0 Å². The second kappa shape index (κ2) is 11.3. The zero-order chi connectivity index (χ0) is 34.2. The largest absolute Gasteiger partial charge is 0.309 e. The molecule has 2 heteroatoms. The normalized spacial score (nSPS) is 11.8. The standard InChI is InChI=1S/C50H32N2/c1-3-15-33(16-4-1)36-22-11-24-39-38(36)23-13-29-44(39)51(43-28-8-7-21-37(43)34-17-5-2-6-18-34)46-31-14-32-47-49(46)42-27-12-26-41-40-25-9-19-35-20-10-30-45(48(35)40)52(47)50(41)42/h1-32H. The van der Waals surface area contributed by atoms with E-state index in [0.29, 0.717) is 0 Å². The Morgan fingerprint density at radius 2 is 0.827 bits per heavy atom. The van der Waals surface area contributed by atoms with Gasteiger partial charge in [-0.3, -0.25) is 0 Å². The molecule has 0 saturated carbocycles. The Morgan fingerprint density at radius 1 is 0.308 bits per heavy atom. The van der Waals surface area contributed by atoms with Crippen molar-refractivity contribution >= 4 is 76.7 Å². The Morgan fingerprint density at radius 3 is 1.65 bits per heavy atom. The fourth-order valence-electron chi connectivity index (χ4n) is 8.76. The lowest BCUT2D eigenvalue weighted by atomic mass is 9.95. The van der Waals surface area contributed by atoms with Crippen molar-refractivity contribution in [3.05, 3.63) is 194 Å². The van der Waals surface area contributed by atoms with Gasteiger partial charge in [0.05, 0.1) is 33.6 Å². The minimum atomic E-state index is 1.14. The number of aromatic nitrogens is 1. The first-order chi connectivity index (χ1) is 25.8. The van der Waals surface area contributed by atoms with Gasteiger partial charge in [-0.1, -0.05) is 164 Å². The van der Waals surface area contributed by atoms with Gasteiger partial charge in [-0.25, -0.2) is 0 Å². The summed E-state index contributed by atoms with van der Waals surface area (Å²) in [6.45, 7) is 0. The third-order valence-electron chi connectivity index (χ3n) is 10.9. The van der Waals surface area contributed by atoms with E-state index < -0.39 is 0 Å². The van der Waals surface area contributed by atoms with Crippen LogP contribution in [-0.4, -0.2) is 4.40 Å². The van der Waals surface area contributed by atoms with E-state index in [2.05, 4.69) is 203 Å². The van der Waals surface area contributed by atoms with Gasteiger partial charge in [0.2, 0.25) is 0 Å². The van der Waals surface area contributed by atoms with Crippen molar-refractivity contribution in [3.8, 4) is 22.3 Å². The van der Waals surface area contributed by atoms with E-state index in [1.165, 1.54) is 81.9 Å². The first-order valence-electron chi connectivity index (χ1n) is 18.0. The summed E-state index contributed by atoms with van der Waals surface area (Å²) in [4.78, 5) is 2.52. The van der Waals surface area contributed by atoms with Crippen LogP contribution in [0.25, 0.3) is 81.9 Å². The first-order valence-corrected chi connectivity index (χ1v) is 18.0. The molecule has 242 valence electrons. The summed E-state index contributed by atoms with van der Waals surface area (Å²) in [5, 5.41) is 10.1. The van der Waals surface area contributed by atoms with Crippen LogP contribution in [0.1, 0.15) is 0 Å². The molecule has 2 nitrogen and oxygen atoms in total. The molecule has 11 aromatic rings. The Kier molecular flexibility index (Phi) is 6.28. The lowest BCUT2D eigenvalue weighted by molar-refractivity contribution is 1.31. The average Bonchev–Trinajstić information content (AvgIpc) is 3.56. The molecule has 9 aromatic carbocycles. The number of hydrogen-bond acceptors (Lipinski definition) is 1. The third-order valence-corrected chi connectivity index (χ3v) is 10.9. The lowest BCUT2D eigenvalue weighted by Crippen LogP contribution is -2.12. The van der Waals surface area contributed by atoms with Crippen LogP contribution in [0, 0.1) is 0 Å². The maximum absolute atomic E-state index is 2.52. The zero-order valence-electron chi connectivity index (χ0n) is 28.4. The van der Waals surface area contributed by atoms with Gasteiger partial charge in [-0.2, -0.15) is 0 Å². The maximum Gasteiger partial charge on any atom is 0.0620 e. The fraction of sp³-hybridized carbons (Fsp3) is 0. The lowest BCUT2D eigenvalue weighted by Gasteiger charge is -2.30. The van der Waals surface area contributed by atoms with Gasteiger partial charge in [-0.15, -0.1) is 0 Å². The van der Waals surface area contributed by atoms with E-state index >= 15 is 0 Å². The molecule has 0 amide bonds. The highest BCUT2D eigenvalue weighted by molar-refractivity contribution is 6.29. The number of anilines is 3. The predicted molar refractivity (Wildman–Crippen MR) is 222 cm³/mol. The van der Waals surface area contributed by atoms with Crippen molar-refractivity contribution in [2.75, 3.05) is 4.90 Å². The van der Waals surface area contributed by atoms with Gasteiger partial charge in [0, 0.05) is 32.5 Å². The first kappa shape index (κ1) is 28.9. The summed E-state index contributed by atoms with van der Waals surface area (Å²) in [6, 6.07) is 71.0. The van der Waals surface area contributed by atoms with Crippen LogP contribution >= 0.6 is 0 Å². The monoisotopic (exact) mass is 660 g/mol. The van der Waals surface area contributed by atoms with Crippen LogP contribution in [0.4, 0.5) is 17.1 Å². The van der Waals surface area contributed by atoms with Gasteiger partial charge in [0.1, 0.15) is 0 Å². The summed E-state index contributed by atoms with van der Waals surface area (Å²) in [5.41, 5.74) is 11.9. The number of hydrogen-bond donors (Lipinski definition) is 0. The molecule has 2 heterocycles. The molecule has 11 rings (SSSR count). The molecule has 0 spiro atoms. The SMILES string of the molecule is c1ccc(-c2ccccc2N(c2cccc3c(-c4ccccc4)cccc23)c2cccc3c2c2cccc4c5cccc6cccc(c65)n3c42)cc1. The average molecular weight is 661 g/mol. The molecule has 0 fully saturated rings. The number of pyridine rings is 1.